The van der Waals surface area contributed by atoms with E-state index in [4.69, 9.17) is 9.47 Å². The lowest BCUT2D eigenvalue weighted by atomic mass is 10.1. The maximum absolute atomic E-state index is 11.8. The van der Waals surface area contributed by atoms with E-state index in [0.29, 0.717) is 0 Å². The third kappa shape index (κ3) is 5.73. The first-order valence-corrected chi connectivity index (χ1v) is 6.43. The van der Waals surface area contributed by atoms with Crippen LogP contribution >= 0.6 is 0 Å². The summed E-state index contributed by atoms with van der Waals surface area (Å²) in [5.74, 6) is -0.948. The third-order valence-electron chi connectivity index (χ3n) is 2.39. The molecule has 20 heavy (non-hydrogen) atoms. The predicted octanol–water partition coefficient (Wildman–Crippen LogP) is 2.37. The topological polar surface area (TPSA) is 64.6 Å². The van der Waals surface area contributed by atoms with Crippen molar-refractivity contribution in [2.45, 2.75) is 38.8 Å². The number of hydrogen-bond acceptors (Lipinski definition) is 5. The van der Waals surface area contributed by atoms with Gasteiger partial charge in [0.15, 0.2) is 0 Å². The molecule has 110 valence electrons. The molecule has 0 aliphatic rings. The van der Waals surface area contributed by atoms with E-state index in [-0.39, 0.29) is 6.42 Å². The van der Waals surface area contributed by atoms with E-state index in [1.54, 1.807) is 20.8 Å². The highest BCUT2D eigenvalue weighted by Gasteiger charge is 2.26. The summed E-state index contributed by atoms with van der Waals surface area (Å²) in [5.41, 5.74) is 0.163. The van der Waals surface area contributed by atoms with Gasteiger partial charge in [-0.05, 0) is 32.9 Å². The van der Waals surface area contributed by atoms with Gasteiger partial charge in [0.2, 0.25) is 0 Å². The lowest BCUT2D eigenvalue weighted by Gasteiger charge is -2.22. The summed E-state index contributed by atoms with van der Waals surface area (Å²) >= 11 is 0. The summed E-state index contributed by atoms with van der Waals surface area (Å²) in [7, 11) is 1.29. The second-order valence-corrected chi connectivity index (χ2v) is 5.38. The lowest BCUT2D eigenvalue weighted by molar-refractivity contribution is -0.158. The van der Waals surface area contributed by atoms with Crippen molar-refractivity contribution in [2.75, 3.05) is 12.4 Å². The Morgan fingerprint density at radius 3 is 2.30 bits per heavy atom. The second kappa shape index (κ2) is 6.93. The van der Waals surface area contributed by atoms with Crippen molar-refractivity contribution in [3.05, 3.63) is 30.3 Å². The zero-order valence-electron chi connectivity index (χ0n) is 12.3. The van der Waals surface area contributed by atoms with Crippen molar-refractivity contribution in [1.29, 1.82) is 0 Å². The SMILES string of the molecule is COC(=O)[C@H](CC(=O)OC(C)(C)C)Nc1ccccc1. The molecule has 0 radical (unpaired) electrons. The number of benzene rings is 1. The van der Waals surface area contributed by atoms with Crippen molar-refractivity contribution < 1.29 is 19.1 Å². The van der Waals surface area contributed by atoms with E-state index in [1.165, 1.54) is 7.11 Å². The molecule has 0 amide bonds. The summed E-state index contributed by atoms with van der Waals surface area (Å²) in [6.07, 6.45) is -0.0845. The molecular formula is C15H21NO4. The van der Waals surface area contributed by atoms with Gasteiger partial charge in [-0.15, -0.1) is 0 Å². The lowest BCUT2D eigenvalue weighted by Crippen LogP contribution is -2.35. The van der Waals surface area contributed by atoms with E-state index in [9.17, 15) is 9.59 Å². The number of ether oxygens (including phenoxy) is 2. The van der Waals surface area contributed by atoms with Gasteiger partial charge in [-0.3, -0.25) is 4.79 Å². The van der Waals surface area contributed by atoms with Crippen LogP contribution in [-0.4, -0.2) is 30.7 Å². The molecule has 0 saturated heterocycles. The number of methoxy groups -OCH3 is 1. The van der Waals surface area contributed by atoms with Crippen LogP contribution in [-0.2, 0) is 19.1 Å². The fourth-order valence-corrected chi connectivity index (χ4v) is 1.62. The number of anilines is 1. The van der Waals surface area contributed by atoms with Crippen molar-refractivity contribution >= 4 is 17.6 Å². The van der Waals surface area contributed by atoms with Gasteiger partial charge in [0.05, 0.1) is 13.5 Å². The number of carbonyl (C=O) groups is 2. The normalized spacial score (nSPS) is 12.4. The molecule has 0 aliphatic heterocycles. The molecule has 0 fully saturated rings. The maximum atomic E-state index is 11.8. The Balaban J connectivity index is 2.70. The summed E-state index contributed by atoms with van der Waals surface area (Å²) in [6.45, 7) is 5.34. The van der Waals surface area contributed by atoms with Crippen LogP contribution in [0.3, 0.4) is 0 Å². The van der Waals surface area contributed by atoms with Crippen molar-refractivity contribution in [3.8, 4) is 0 Å². The van der Waals surface area contributed by atoms with E-state index in [0.717, 1.165) is 5.69 Å². The van der Waals surface area contributed by atoms with Crippen LogP contribution in [0.4, 0.5) is 5.69 Å². The standard InChI is InChI=1S/C15H21NO4/c1-15(2,3)20-13(17)10-12(14(18)19-4)16-11-8-6-5-7-9-11/h5-9,12,16H,10H2,1-4H3/t12-/m0/s1. The van der Waals surface area contributed by atoms with Gasteiger partial charge in [0.25, 0.3) is 0 Å². The molecule has 0 bridgehead atoms. The quantitative estimate of drug-likeness (QED) is 0.838. The molecular weight excluding hydrogens is 258 g/mol. The number of carbonyl (C=O) groups excluding carboxylic acids is 2. The Morgan fingerprint density at radius 1 is 1.20 bits per heavy atom. The molecule has 1 N–H and O–H groups in total. The van der Waals surface area contributed by atoms with Gasteiger partial charge < -0.3 is 14.8 Å². The molecule has 1 aromatic carbocycles. The zero-order chi connectivity index (χ0) is 15.2. The largest absolute Gasteiger partial charge is 0.467 e. The summed E-state index contributed by atoms with van der Waals surface area (Å²) in [5, 5.41) is 2.97. The van der Waals surface area contributed by atoms with Crippen molar-refractivity contribution in [2.24, 2.45) is 0 Å². The van der Waals surface area contributed by atoms with Gasteiger partial charge >= 0.3 is 11.9 Å². The van der Waals surface area contributed by atoms with Gasteiger partial charge in [0, 0.05) is 5.69 Å². The van der Waals surface area contributed by atoms with Crippen LogP contribution < -0.4 is 5.32 Å². The second-order valence-electron chi connectivity index (χ2n) is 5.38. The Labute approximate surface area is 119 Å². The highest BCUT2D eigenvalue weighted by atomic mass is 16.6. The minimum absolute atomic E-state index is 0.0845. The number of para-hydroxylation sites is 1. The smallest absolute Gasteiger partial charge is 0.328 e. The van der Waals surface area contributed by atoms with Gasteiger partial charge in [0.1, 0.15) is 11.6 Å². The number of hydrogen-bond donors (Lipinski definition) is 1. The molecule has 0 spiro atoms. The molecule has 1 rings (SSSR count). The molecule has 0 aromatic heterocycles. The van der Waals surface area contributed by atoms with Gasteiger partial charge in [-0.1, -0.05) is 18.2 Å². The highest BCUT2D eigenvalue weighted by molar-refractivity contribution is 5.85. The van der Waals surface area contributed by atoms with Crippen molar-refractivity contribution in [3.63, 3.8) is 0 Å². The fourth-order valence-electron chi connectivity index (χ4n) is 1.62. The average molecular weight is 279 g/mol. The molecule has 1 aromatic rings. The van der Waals surface area contributed by atoms with Crippen LogP contribution in [0, 0.1) is 0 Å². The van der Waals surface area contributed by atoms with Crippen LogP contribution in [0.2, 0.25) is 0 Å². The first-order chi connectivity index (χ1) is 9.31. The Morgan fingerprint density at radius 2 is 1.80 bits per heavy atom. The minimum atomic E-state index is -0.766. The summed E-state index contributed by atoms with van der Waals surface area (Å²) in [6, 6.07) is 8.40. The average Bonchev–Trinajstić information content (AvgIpc) is 2.36. The highest BCUT2D eigenvalue weighted by Crippen LogP contribution is 2.13. The third-order valence-corrected chi connectivity index (χ3v) is 2.39. The molecule has 0 saturated carbocycles. The van der Waals surface area contributed by atoms with E-state index < -0.39 is 23.6 Å². The van der Waals surface area contributed by atoms with Gasteiger partial charge in [-0.25, -0.2) is 4.79 Å². The fraction of sp³-hybridized carbons (Fsp3) is 0.467. The zero-order valence-corrected chi connectivity index (χ0v) is 12.3. The summed E-state index contributed by atoms with van der Waals surface area (Å²) < 4.78 is 9.92. The maximum Gasteiger partial charge on any atom is 0.328 e. The molecule has 0 aliphatic carbocycles. The molecule has 0 unspecified atom stereocenters. The Kier molecular flexibility index (Phi) is 5.55. The number of esters is 2. The molecule has 1 atom stereocenters. The number of nitrogens with one attached hydrogen (secondary N) is 1. The van der Waals surface area contributed by atoms with E-state index in [2.05, 4.69) is 5.32 Å². The Hall–Kier alpha value is -2.04. The van der Waals surface area contributed by atoms with Crippen LogP contribution in [0.1, 0.15) is 27.2 Å². The van der Waals surface area contributed by atoms with Crippen LogP contribution in [0.25, 0.3) is 0 Å². The number of rotatable bonds is 5. The van der Waals surface area contributed by atoms with Crippen LogP contribution in [0.15, 0.2) is 30.3 Å². The minimum Gasteiger partial charge on any atom is -0.467 e. The molecule has 0 heterocycles. The monoisotopic (exact) mass is 279 g/mol. The Bertz CT molecular complexity index is 451. The first-order valence-electron chi connectivity index (χ1n) is 6.43. The van der Waals surface area contributed by atoms with Crippen molar-refractivity contribution in [1.82, 2.24) is 0 Å². The van der Waals surface area contributed by atoms with E-state index >= 15 is 0 Å². The van der Waals surface area contributed by atoms with Crippen LogP contribution in [0.5, 0.6) is 0 Å². The first kappa shape index (κ1) is 16.0. The van der Waals surface area contributed by atoms with E-state index in [1.807, 2.05) is 30.3 Å². The summed E-state index contributed by atoms with van der Waals surface area (Å²) in [4.78, 5) is 23.5. The molecule has 5 nitrogen and oxygen atoms in total. The van der Waals surface area contributed by atoms with Gasteiger partial charge in [-0.2, -0.15) is 0 Å². The molecule has 5 heteroatoms. The predicted molar refractivity (Wildman–Crippen MR) is 76.3 cm³/mol.